The van der Waals surface area contributed by atoms with Gasteiger partial charge in [-0.05, 0) is 6.42 Å². The lowest BCUT2D eigenvalue weighted by Crippen LogP contribution is -2.16. The van der Waals surface area contributed by atoms with Crippen LogP contribution >= 0.6 is 15.2 Å². The minimum absolute atomic E-state index is 0.0715. The Labute approximate surface area is 95.1 Å². The Kier molecular flexibility index (Phi) is 6.98. The summed E-state index contributed by atoms with van der Waals surface area (Å²) in [7, 11) is -2.59. The van der Waals surface area contributed by atoms with Gasteiger partial charge in [-0.1, -0.05) is 0 Å². The number of aliphatic hydroxyl groups is 1. The fourth-order valence-corrected chi connectivity index (χ4v) is 5.89. The first kappa shape index (κ1) is 16.3. The first-order valence-corrected chi connectivity index (χ1v) is 7.69. The Bertz CT molecular complexity index is 250. The molecule has 0 amide bonds. The minimum Gasteiger partial charge on any atom is -0.396 e. The van der Waals surface area contributed by atoms with E-state index in [-0.39, 0.29) is 13.0 Å². The van der Waals surface area contributed by atoms with Gasteiger partial charge in [0.2, 0.25) is 0 Å². The highest BCUT2D eigenvalue weighted by molar-refractivity contribution is 7.72. The second-order valence-electron chi connectivity index (χ2n) is 2.80. The van der Waals surface area contributed by atoms with Gasteiger partial charge in [0.25, 0.3) is 0 Å². The molecule has 0 fully saturated rings. The van der Waals surface area contributed by atoms with Gasteiger partial charge < -0.3 is 23.2 Å². The maximum atomic E-state index is 12.1. The van der Waals surface area contributed by atoms with Gasteiger partial charge in [-0.15, -0.1) is 0 Å². The van der Waals surface area contributed by atoms with Crippen molar-refractivity contribution in [1.29, 1.82) is 0 Å². The highest BCUT2D eigenvalue weighted by Crippen LogP contribution is 2.70. The maximum Gasteiger partial charge on any atom is 0.345 e. The van der Waals surface area contributed by atoms with Crippen LogP contribution in [-0.2, 0) is 27.2 Å². The third kappa shape index (κ3) is 3.37. The molecule has 0 aromatic rings. The summed E-state index contributed by atoms with van der Waals surface area (Å²) in [5.41, 5.74) is 0. The minimum atomic E-state index is -3.64. The van der Waals surface area contributed by atoms with Crippen LogP contribution in [0.2, 0.25) is 0 Å². The molecular formula is C7H18O7P2. The molecule has 0 aliphatic heterocycles. The summed E-state index contributed by atoms with van der Waals surface area (Å²) < 4.78 is 43.2. The first-order valence-electron chi connectivity index (χ1n) is 4.47. The predicted octanol–water partition coefficient (Wildman–Crippen LogP) is 1.67. The van der Waals surface area contributed by atoms with Crippen LogP contribution in [0.25, 0.3) is 0 Å². The van der Waals surface area contributed by atoms with Crippen molar-refractivity contribution in [2.24, 2.45) is 0 Å². The molecule has 0 aliphatic carbocycles. The van der Waals surface area contributed by atoms with Crippen molar-refractivity contribution in [3.63, 3.8) is 0 Å². The fraction of sp³-hybridized carbons (Fsp3) is 1.00. The molecule has 0 saturated heterocycles. The topological polar surface area (TPSA) is 91.3 Å². The zero-order valence-electron chi connectivity index (χ0n) is 9.78. The molecule has 0 aromatic heterocycles. The Morgan fingerprint density at radius 3 is 1.44 bits per heavy atom. The summed E-state index contributed by atoms with van der Waals surface area (Å²) in [5.74, 6) is 0. The predicted molar refractivity (Wildman–Crippen MR) is 58.7 cm³/mol. The third-order valence-electron chi connectivity index (χ3n) is 2.14. The van der Waals surface area contributed by atoms with Crippen molar-refractivity contribution < 1.29 is 32.3 Å². The normalized spacial score (nSPS) is 13.4. The average molecular weight is 276 g/mol. The molecule has 0 bridgehead atoms. The van der Waals surface area contributed by atoms with E-state index in [1.165, 1.54) is 28.4 Å². The monoisotopic (exact) mass is 276 g/mol. The van der Waals surface area contributed by atoms with Gasteiger partial charge >= 0.3 is 15.2 Å². The van der Waals surface area contributed by atoms with E-state index < -0.39 is 20.6 Å². The van der Waals surface area contributed by atoms with E-state index in [2.05, 4.69) is 0 Å². The first-order chi connectivity index (χ1) is 7.44. The highest BCUT2D eigenvalue weighted by atomic mass is 31.2. The fourth-order valence-electron chi connectivity index (χ4n) is 1.24. The summed E-state index contributed by atoms with van der Waals surface area (Å²) >= 11 is 0. The molecule has 16 heavy (non-hydrogen) atoms. The largest absolute Gasteiger partial charge is 0.396 e. The van der Waals surface area contributed by atoms with E-state index >= 15 is 0 Å². The van der Waals surface area contributed by atoms with E-state index in [4.69, 9.17) is 23.2 Å². The van der Waals surface area contributed by atoms with E-state index in [1.807, 2.05) is 0 Å². The summed E-state index contributed by atoms with van der Waals surface area (Å²) in [5, 5.41) is 7.74. The standard InChI is InChI=1S/C7H18O7P2/c1-11-15(9,12-2)7(5-6-8)16(10,13-3)14-4/h7-8H,5-6H2,1-4H3. The molecule has 0 aromatic carbocycles. The average Bonchev–Trinajstić information content (AvgIpc) is 2.34. The molecule has 0 radical (unpaired) electrons. The SMILES string of the molecule is COP(=O)(OC)C(CCO)P(=O)(OC)OC. The number of hydrogen-bond donors (Lipinski definition) is 1. The molecule has 7 nitrogen and oxygen atoms in total. The quantitative estimate of drug-likeness (QED) is 0.674. The Hall–Kier alpha value is 0.260. The third-order valence-corrected chi connectivity index (χ3v) is 7.84. The van der Waals surface area contributed by atoms with Crippen molar-refractivity contribution >= 4 is 15.2 Å². The van der Waals surface area contributed by atoms with Gasteiger partial charge in [0.05, 0.1) is 0 Å². The smallest absolute Gasteiger partial charge is 0.345 e. The lowest BCUT2D eigenvalue weighted by molar-refractivity contribution is 0.229. The van der Waals surface area contributed by atoms with Crippen molar-refractivity contribution in [2.45, 2.75) is 11.8 Å². The molecular weight excluding hydrogens is 258 g/mol. The Morgan fingerprint density at radius 2 is 1.25 bits per heavy atom. The molecule has 0 spiro atoms. The van der Waals surface area contributed by atoms with Crippen LogP contribution in [-0.4, -0.2) is 45.6 Å². The van der Waals surface area contributed by atoms with E-state index in [0.29, 0.717) is 0 Å². The van der Waals surface area contributed by atoms with E-state index in [9.17, 15) is 9.13 Å². The molecule has 98 valence electrons. The summed E-state index contributed by atoms with van der Waals surface area (Å²) in [4.78, 5) is 0. The van der Waals surface area contributed by atoms with E-state index in [0.717, 1.165) is 0 Å². The van der Waals surface area contributed by atoms with Crippen molar-refractivity contribution in [2.75, 3.05) is 35.0 Å². The highest BCUT2D eigenvalue weighted by Gasteiger charge is 2.48. The van der Waals surface area contributed by atoms with Crippen LogP contribution in [0.15, 0.2) is 0 Å². The van der Waals surface area contributed by atoms with Crippen LogP contribution in [0.3, 0.4) is 0 Å². The Morgan fingerprint density at radius 1 is 0.938 bits per heavy atom. The molecule has 0 atom stereocenters. The molecule has 1 N–H and O–H groups in total. The molecule has 0 rings (SSSR count). The molecule has 0 saturated carbocycles. The van der Waals surface area contributed by atoms with Gasteiger partial charge in [0.15, 0.2) is 5.40 Å². The van der Waals surface area contributed by atoms with E-state index in [1.54, 1.807) is 0 Å². The van der Waals surface area contributed by atoms with Crippen molar-refractivity contribution in [3.05, 3.63) is 0 Å². The second kappa shape index (κ2) is 6.87. The summed E-state index contributed by atoms with van der Waals surface area (Å²) in [6, 6.07) is 0. The van der Waals surface area contributed by atoms with Crippen LogP contribution in [0.4, 0.5) is 0 Å². The van der Waals surface area contributed by atoms with Crippen molar-refractivity contribution in [1.82, 2.24) is 0 Å². The maximum absolute atomic E-state index is 12.1. The van der Waals surface area contributed by atoms with Crippen LogP contribution < -0.4 is 0 Å². The summed E-state index contributed by atoms with van der Waals surface area (Å²) in [6.07, 6.45) is -0.0715. The number of rotatable bonds is 8. The van der Waals surface area contributed by atoms with Crippen LogP contribution in [0.5, 0.6) is 0 Å². The van der Waals surface area contributed by atoms with Gasteiger partial charge in [-0.25, -0.2) is 0 Å². The lowest BCUT2D eigenvalue weighted by atomic mass is 10.5. The number of aliphatic hydroxyl groups excluding tert-OH is 1. The number of hydrogen-bond acceptors (Lipinski definition) is 7. The van der Waals surface area contributed by atoms with Gasteiger partial charge in [-0.3, -0.25) is 9.13 Å². The molecule has 0 aliphatic rings. The summed E-state index contributed by atoms with van der Waals surface area (Å²) in [6.45, 7) is -0.335. The zero-order valence-corrected chi connectivity index (χ0v) is 11.6. The van der Waals surface area contributed by atoms with Gasteiger partial charge in [-0.2, -0.15) is 0 Å². The van der Waals surface area contributed by atoms with Gasteiger partial charge in [0, 0.05) is 35.0 Å². The van der Waals surface area contributed by atoms with Crippen molar-refractivity contribution in [3.8, 4) is 0 Å². The second-order valence-corrected chi connectivity index (χ2v) is 8.08. The van der Waals surface area contributed by atoms with Crippen LogP contribution in [0.1, 0.15) is 6.42 Å². The van der Waals surface area contributed by atoms with Gasteiger partial charge in [0.1, 0.15) is 0 Å². The molecule has 0 unspecified atom stereocenters. The molecule has 9 heteroatoms. The Balaban J connectivity index is 5.29. The lowest BCUT2D eigenvalue weighted by Gasteiger charge is -2.28. The zero-order chi connectivity index (χ0) is 12.8. The van der Waals surface area contributed by atoms with Crippen LogP contribution in [0, 0.1) is 0 Å². The molecule has 0 heterocycles.